The zero-order chi connectivity index (χ0) is 8.72. The molecule has 0 aromatic heterocycles. The molecule has 1 aliphatic rings. The average Bonchev–Trinajstić information content (AvgIpc) is 2.29. The summed E-state index contributed by atoms with van der Waals surface area (Å²) in [6, 6.07) is 4.67. The zero-order valence-corrected chi connectivity index (χ0v) is 6.60. The van der Waals surface area contributed by atoms with E-state index in [2.05, 4.69) is 5.32 Å². The number of hydrogen-bond acceptors (Lipinski definition) is 1. The topological polar surface area (TPSA) is 29.1 Å². The molecule has 1 amide bonds. The molecule has 2 nitrogen and oxygen atoms in total. The van der Waals surface area contributed by atoms with Gasteiger partial charge in [-0.2, -0.15) is 0 Å². The fourth-order valence-electron chi connectivity index (χ4n) is 1.46. The highest BCUT2D eigenvalue weighted by Crippen LogP contribution is 2.33. The van der Waals surface area contributed by atoms with E-state index in [1.807, 2.05) is 0 Å². The quantitative estimate of drug-likeness (QED) is 0.624. The number of carbonyl (C=O) groups excluding carboxylic acids is 1. The summed E-state index contributed by atoms with van der Waals surface area (Å²) in [5, 5.41) is 2.61. The van der Waals surface area contributed by atoms with Crippen LogP contribution in [0, 0.1) is 5.82 Å². The molecule has 1 aliphatic heterocycles. The van der Waals surface area contributed by atoms with Crippen molar-refractivity contribution in [2.45, 2.75) is 12.8 Å². The molecule has 0 saturated heterocycles. The van der Waals surface area contributed by atoms with Crippen molar-refractivity contribution >= 4 is 11.6 Å². The van der Waals surface area contributed by atoms with Crippen LogP contribution >= 0.6 is 0 Å². The normalized spacial score (nSPS) is 20.5. The smallest absolute Gasteiger partial charge is 0.231 e. The van der Waals surface area contributed by atoms with Gasteiger partial charge in [0.05, 0.1) is 5.92 Å². The molecular weight excluding hydrogens is 157 g/mol. The van der Waals surface area contributed by atoms with Gasteiger partial charge < -0.3 is 5.32 Å². The minimum atomic E-state index is -0.360. The van der Waals surface area contributed by atoms with Crippen LogP contribution in [0.3, 0.4) is 0 Å². The summed E-state index contributed by atoms with van der Waals surface area (Å²) in [7, 11) is 0. The largest absolute Gasteiger partial charge is 0.325 e. The van der Waals surface area contributed by atoms with Gasteiger partial charge >= 0.3 is 0 Å². The van der Waals surface area contributed by atoms with Gasteiger partial charge in [-0.25, -0.2) is 4.39 Å². The molecule has 3 heteroatoms. The number of fused-ring (bicyclic) bond motifs is 1. The number of halogens is 1. The molecule has 0 saturated carbocycles. The summed E-state index contributed by atoms with van der Waals surface area (Å²) >= 11 is 0. The summed E-state index contributed by atoms with van der Waals surface area (Å²) < 4.78 is 13.1. The molecule has 0 fully saturated rings. The molecule has 12 heavy (non-hydrogen) atoms. The van der Waals surface area contributed by atoms with Crippen LogP contribution in [-0.4, -0.2) is 5.91 Å². The van der Waals surface area contributed by atoms with Gasteiger partial charge in [-0.15, -0.1) is 0 Å². The molecule has 0 spiro atoms. The van der Waals surface area contributed by atoms with E-state index in [4.69, 9.17) is 0 Å². The Morgan fingerprint density at radius 1 is 1.50 bits per heavy atom. The van der Waals surface area contributed by atoms with Gasteiger partial charge in [0.1, 0.15) is 5.82 Å². The van der Waals surface area contributed by atoms with Gasteiger partial charge in [0.15, 0.2) is 0 Å². The van der Waals surface area contributed by atoms with E-state index in [9.17, 15) is 9.18 Å². The van der Waals surface area contributed by atoms with Gasteiger partial charge in [-0.05, 0) is 19.1 Å². The molecule has 1 N–H and O–H groups in total. The lowest BCUT2D eigenvalue weighted by Gasteiger charge is -2.00. The van der Waals surface area contributed by atoms with Crippen molar-refractivity contribution in [3.8, 4) is 0 Å². The summed E-state index contributed by atoms with van der Waals surface area (Å²) in [5.74, 6) is -0.797. The zero-order valence-electron chi connectivity index (χ0n) is 6.60. The van der Waals surface area contributed by atoms with E-state index >= 15 is 0 Å². The summed E-state index contributed by atoms with van der Waals surface area (Å²) in [6.45, 7) is 1.70. The van der Waals surface area contributed by atoms with Crippen LogP contribution in [0.25, 0.3) is 0 Å². The Morgan fingerprint density at radius 3 is 2.92 bits per heavy atom. The molecule has 1 unspecified atom stereocenters. The average molecular weight is 165 g/mol. The molecule has 0 radical (unpaired) electrons. The first-order chi connectivity index (χ1) is 5.70. The predicted octanol–water partition coefficient (Wildman–Crippen LogP) is 1.88. The van der Waals surface area contributed by atoms with E-state index in [0.29, 0.717) is 11.3 Å². The van der Waals surface area contributed by atoms with Crippen molar-refractivity contribution < 1.29 is 9.18 Å². The van der Waals surface area contributed by atoms with Crippen molar-refractivity contribution in [1.82, 2.24) is 0 Å². The molecule has 0 aliphatic carbocycles. The maximum Gasteiger partial charge on any atom is 0.231 e. The lowest BCUT2D eigenvalue weighted by Crippen LogP contribution is -2.08. The summed E-state index contributed by atoms with van der Waals surface area (Å²) in [5.41, 5.74) is 1.09. The van der Waals surface area contributed by atoms with Crippen LogP contribution in [0.1, 0.15) is 18.4 Å². The molecule has 0 bridgehead atoms. The maximum atomic E-state index is 13.1. The first-order valence-corrected chi connectivity index (χ1v) is 3.79. The highest BCUT2D eigenvalue weighted by Gasteiger charge is 2.28. The fraction of sp³-hybridized carbons (Fsp3) is 0.222. The first-order valence-electron chi connectivity index (χ1n) is 3.79. The molecule has 1 heterocycles. The van der Waals surface area contributed by atoms with E-state index < -0.39 is 0 Å². The van der Waals surface area contributed by atoms with E-state index in [1.165, 1.54) is 6.07 Å². The number of carbonyl (C=O) groups is 1. The predicted molar refractivity (Wildman–Crippen MR) is 43.4 cm³/mol. The summed E-state index contributed by atoms with van der Waals surface area (Å²) in [4.78, 5) is 11.1. The number of rotatable bonds is 0. The Morgan fingerprint density at radius 2 is 2.25 bits per heavy atom. The van der Waals surface area contributed by atoms with E-state index in [1.54, 1.807) is 19.1 Å². The van der Waals surface area contributed by atoms with Crippen LogP contribution in [0.5, 0.6) is 0 Å². The van der Waals surface area contributed by atoms with Crippen LogP contribution in [0.2, 0.25) is 0 Å². The van der Waals surface area contributed by atoms with Gasteiger partial charge in [0, 0.05) is 11.3 Å². The highest BCUT2D eigenvalue weighted by molar-refractivity contribution is 6.02. The Bertz CT molecular complexity index is 348. The number of nitrogens with one attached hydrogen (secondary N) is 1. The molecule has 2 rings (SSSR count). The second kappa shape index (κ2) is 2.30. The molecule has 1 aromatic carbocycles. The minimum Gasteiger partial charge on any atom is -0.325 e. The van der Waals surface area contributed by atoms with Gasteiger partial charge in [-0.3, -0.25) is 4.79 Å². The van der Waals surface area contributed by atoms with Crippen molar-refractivity contribution in [3.63, 3.8) is 0 Å². The summed E-state index contributed by atoms with van der Waals surface area (Å²) in [6.07, 6.45) is 0. The lowest BCUT2D eigenvalue weighted by molar-refractivity contribution is -0.116. The molecule has 1 atom stereocenters. The third kappa shape index (κ3) is 0.826. The third-order valence-corrected chi connectivity index (χ3v) is 2.14. The second-order valence-electron chi connectivity index (χ2n) is 2.91. The van der Waals surface area contributed by atoms with Crippen LogP contribution < -0.4 is 5.32 Å². The highest BCUT2D eigenvalue weighted by atomic mass is 19.1. The Hall–Kier alpha value is -1.38. The number of hydrogen-bond donors (Lipinski definition) is 1. The monoisotopic (exact) mass is 165 g/mol. The van der Waals surface area contributed by atoms with E-state index in [-0.39, 0.29) is 17.6 Å². The standard InChI is InChI=1S/C9H8FNO/c1-5-8-6(10)3-2-4-7(8)11-9(5)12/h2-5H,1H3,(H,11,12). The van der Waals surface area contributed by atoms with Crippen molar-refractivity contribution in [2.75, 3.05) is 5.32 Å². The van der Waals surface area contributed by atoms with Gasteiger partial charge in [-0.1, -0.05) is 6.07 Å². The van der Waals surface area contributed by atoms with Crippen LogP contribution in [0.4, 0.5) is 10.1 Å². The fourth-order valence-corrected chi connectivity index (χ4v) is 1.46. The molecule has 62 valence electrons. The van der Waals surface area contributed by atoms with Gasteiger partial charge in [0.25, 0.3) is 0 Å². The van der Waals surface area contributed by atoms with Crippen LogP contribution in [-0.2, 0) is 4.79 Å². The Kier molecular flexibility index (Phi) is 1.40. The lowest BCUT2D eigenvalue weighted by atomic mass is 10.0. The number of anilines is 1. The van der Waals surface area contributed by atoms with Crippen molar-refractivity contribution in [1.29, 1.82) is 0 Å². The molecular formula is C9H8FNO. The van der Waals surface area contributed by atoms with Crippen molar-refractivity contribution in [2.24, 2.45) is 0 Å². The third-order valence-electron chi connectivity index (χ3n) is 2.14. The van der Waals surface area contributed by atoms with E-state index in [0.717, 1.165) is 0 Å². The first kappa shape index (κ1) is 7.28. The maximum absolute atomic E-state index is 13.1. The number of amides is 1. The Balaban J connectivity index is 2.62. The second-order valence-corrected chi connectivity index (χ2v) is 2.91. The number of benzene rings is 1. The van der Waals surface area contributed by atoms with Gasteiger partial charge in [0.2, 0.25) is 5.91 Å². The minimum absolute atomic E-state index is 0.130. The van der Waals surface area contributed by atoms with Crippen LogP contribution in [0.15, 0.2) is 18.2 Å². The SMILES string of the molecule is CC1C(=O)Nc2cccc(F)c21. The van der Waals surface area contributed by atoms with Crippen molar-refractivity contribution in [3.05, 3.63) is 29.6 Å². The Labute approximate surface area is 69.4 Å². The molecule has 1 aromatic rings.